The Bertz CT molecular complexity index is 326. The van der Waals surface area contributed by atoms with E-state index >= 15 is 0 Å². The minimum atomic E-state index is -0.319. The van der Waals surface area contributed by atoms with Gasteiger partial charge >= 0.3 is 0 Å². The number of aryl methyl sites for hydroxylation is 1. The van der Waals surface area contributed by atoms with Crippen molar-refractivity contribution in [2.45, 2.75) is 45.6 Å². The van der Waals surface area contributed by atoms with Crippen molar-refractivity contribution in [1.29, 1.82) is 0 Å². The molecular formula is C16H26FNO. The summed E-state index contributed by atoms with van der Waals surface area (Å²) < 4.78 is 17.4. The molecule has 0 aliphatic rings. The maximum atomic E-state index is 11.9. The summed E-state index contributed by atoms with van der Waals surface area (Å²) in [5.74, 6) is 0.828. The van der Waals surface area contributed by atoms with Gasteiger partial charge in [-0.25, -0.2) is 0 Å². The van der Waals surface area contributed by atoms with E-state index in [2.05, 4.69) is 31.3 Å². The standard InChI is InChI=1S/C16H26FNO/c1-3-12-18-14(2)5-6-15-7-9-16(10-8-15)19-13-4-11-17/h7-10,14,18H,3-6,11-13H2,1-2H3. The minimum absolute atomic E-state index is 0.319. The van der Waals surface area contributed by atoms with Crippen molar-refractivity contribution in [3.05, 3.63) is 29.8 Å². The average molecular weight is 267 g/mol. The largest absolute Gasteiger partial charge is 0.494 e. The zero-order valence-corrected chi connectivity index (χ0v) is 12.1. The molecule has 108 valence electrons. The first kappa shape index (κ1) is 16.0. The molecule has 1 rings (SSSR count). The van der Waals surface area contributed by atoms with Crippen LogP contribution in [0.1, 0.15) is 38.7 Å². The van der Waals surface area contributed by atoms with Crippen LogP contribution in [0.5, 0.6) is 5.75 Å². The van der Waals surface area contributed by atoms with Gasteiger partial charge in [-0.1, -0.05) is 19.1 Å². The van der Waals surface area contributed by atoms with E-state index in [1.807, 2.05) is 12.1 Å². The van der Waals surface area contributed by atoms with Gasteiger partial charge in [0, 0.05) is 12.5 Å². The van der Waals surface area contributed by atoms with Crippen LogP contribution in [0.25, 0.3) is 0 Å². The van der Waals surface area contributed by atoms with Crippen LogP contribution in [0, 0.1) is 0 Å². The molecule has 0 radical (unpaired) electrons. The van der Waals surface area contributed by atoms with E-state index in [9.17, 15) is 4.39 Å². The van der Waals surface area contributed by atoms with Crippen LogP contribution in [-0.2, 0) is 6.42 Å². The molecule has 19 heavy (non-hydrogen) atoms. The number of benzene rings is 1. The lowest BCUT2D eigenvalue weighted by Crippen LogP contribution is -2.27. The summed E-state index contributed by atoms with van der Waals surface area (Å²) in [5.41, 5.74) is 1.32. The smallest absolute Gasteiger partial charge is 0.119 e. The Kier molecular flexibility index (Phi) is 8.23. The van der Waals surface area contributed by atoms with Gasteiger partial charge in [0.2, 0.25) is 0 Å². The summed E-state index contributed by atoms with van der Waals surface area (Å²) in [6, 6.07) is 8.68. The molecule has 0 spiro atoms. The summed E-state index contributed by atoms with van der Waals surface area (Å²) in [7, 11) is 0. The van der Waals surface area contributed by atoms with Crippen LogP contribution in [-0.4, -0.2) is 25.9 Å². The van der Waals surface area contributed by atoms with E-state index in [1.54, 1.807) is 0 Å². The van der Waals surface area contributed by atoms with Crippen molar-refractivity contribution in [3.63, 3.8) is 0 Å². The number of hydrogen-bond acceptors (Lipinski definition) is 2. The second-order valence-electron chi connectivity index (χ2n) is 4.93. The summed E-state index contributed by atoms with van der Waals surface area (Å²) in [4.78, 5) is 0. The van der Waals surface area contributed by atoms with Crippen molar-refractivity contribution in [2.24, 2.45) is 0 Å². The summed E-state index contributed by atoms with van der Waals surface area (Å²) in [6.45, 7) is 5.63. The molecule has 1 N–H and O–H groups in total. The van der Waals surface area contributed by atoms with E-state index in [1.165, 1.54) is 12.0 Å². The van der Waals surface area contributed by atoms with Crippen molar-refractivity contribution < 1.29 is 9.13 Å². The first-order chi connectivity index (χ1) is 9.26. The Labute approximate surface area is 116 Å². The van der Waals surface area contributed by atoms with Crippen LogP contribution in [0.2, 0.25) is 0 Å². The highest BCUT2D eigenvalue weighted by molar-refractivity contribution is 5.27. The van der Waals surface area contributed by atoms with Crippen molar-refractivity contribution >= 4 is 0 Å². The number of halogens is 1. The molecule has 1 aromatic carbocycles. The fourth-order valence-electron chi connectivity index (χ4n) is 1.87. The monoisotopic (exact) mass is 267 g/mol. The number of hydrogen-bond donors (Lipinski definition) is 1. The first-order valence-corrected chi connectivity index (χ1v) is 7.27. The van der Waals surface area contributed by atoms with E-state index in [4.69, 9.17) is 4.74 Å². The molecule has 0 fully saturated rings. The van der Waals surface area contributed by atoms with E-state index in [0.717, 1.165) is 25.1 Å². The van der Waals surface area contributed by atoms with Gasteiger partial charge in [-0.15, -0.1) is 0 Å². The third-order valence-electron chi connectivity index (χ3n) is 3.08. The molecule has 0 saturated carbocycles. The number of rotatable bonds is 10. The highest BCUT2D eigenvalue weighted by Crippen LogP contribution is 2.14. The van der Waals surface area contributed by atoms with Crippen LogP contribution >= 0.6 is 0 Å². The zero-order chi connectivity index (χ0) is 13.9. The molecule has 1 aromatic rings. The minimum Gasteiger partial charge on any atom is -0.494 e. The fourth-order valence-corrected chi connectivity index (χ4v) is 1.87. The molecule has 2 nitrogen and oxygen atoms in total. The maximum absolute atomic E-state index is 11.9. The van der Waals surface area contributed by atoms with Gasteiger partial charge in [0.15, 0.2) is 0 Å². The van der Waals surface area contributed by atoms with Crippen LogP contribution in [0.4, 0.5) is 4.39 Å². The third kappa shape index (κ3) is 7.16. The van der Waals surface area contributed by atoms with Gasteiger partial charge in [0.05, 0.1) is 13.3 Å². The lowest BCUT2D eigenvalue weighted by atomic mass is 10.1. The molecule has 3 heteroatoms. The van der Waals surface area contributed by atoms with Crippen LogP contribution in [0.3, 0.4) is 0 Å². The van der Waals surface area contributed by atoms with E-state index in [0.29, 0.717) is 19.1 Å². The predicted molar refractivity (Wildman–Crippen MR) is 78.6 cm³/mol. The van der Waals surface area contributed by atoms with Crippen molar-refractivity contribution in [3.8, 4) is 5.75 Å². The molecule has 0 saturated heterocycles. The first-order valence-electron chi connectivity index (χ1n) is 7.27. The van der Waals surface area contributed by atoms with Crippen molar-refractivity contribution in [2.75, 3.05) is 19.8 Å². The Morgan fingerprint density at radius 2 is 2.00 bits per heavy atom. The van der Waals surface area contributed by atoms with Crippen LogP contribution < -0.4 is 10.1 Å². The van der Waals surface area contributed by atoms with Gasteiger partial charge in [0.25, 0.3) is 0 Å². The molecule has 0 heterocycles. The van der Waals surface area contributed by atoms with Gasteiger partial charge in [0.1, 0.15) is 5.75 Å². The summed E-state index contributed by atoms with van der Waals surface area (Å²) in [5, 5.41) is 3.49. The van der Waals surface area contributed by atoms with Crippen molar-refractivity contribution in [1.82, 2.24) is 5.32 Å². The highest BCUT2D eigenvalue weighted by Gasteiger charge is 2.02. The molecule has 0 bridgehead atoms. The topological polar surface area (TPSA) is 21.3 Å². The predicted octanol–water partition coefficient (Wildman–Crippen LogP) is 3.75. The molecule has 0 amide bonds. The molecule has 0 aromatic heterocycles. The second-order valence-corrected chi connectivity index (χ2v) is 4.93. The number of ether oxygens (including phenoxy) is 1. The SMILES string of the molecule is CCCNC(C)CCc1ccc(OCCCF)cc1. The molecule has 1 atom stereocenters. The molecular weight excluding hydrogens is 241 g/mol. The quantitative estimate of drug-likeness (QED) is 0.652. The number of alkyl halides is 1. The van der Waals surface area contributed by atoms with Crippen LogP contribution in [0.15, 0.2) is 24.3 Å². The van der Waals surface area contributed by atoms with E-state index < -0.39 is 0 Å². The zero-order valence-electron chi connectivity index (χ0n) is 12.1. The Morgan fingerprint density at radius 1 is 1.26 bits per heavy atom. The Morgan fingerprint density at radius 3 is 2.63 bits per heavy atom. The van der Waals surface area contributed by atoms with Gasteiger partial charge < -0.3 is 10.1 Å². The average Bonchev–Trinajstić information content (AvgIpc) is 2.44. The third-order valence-corrected chi connectivity index (χ3v) is 3.08. The highest BCUT2D eigenvalue weighted by atomic mass is 19.1. The van der Waals surface area contributed by atoms with Gasteiger partial charge in [-0.2, -0.15) is 0 Å². The molecule has 1 unspecified atom stereocenters. The maximum Gasteiger partial charge on any atom is 0.119 e. The van der Waals surface area contributed by atoms with E-state index in [-0.39, 0.29) is 6.67 Å². The normalized spacial score (nSPS) is 12.4. The van der Waals surface area contributed by atoms with Gasteiger partial charge in [-0.05, 0) is 50.4 Å². The number of nitrogens with one attached hydrogen (secondary N) is 1. The Hall–Kier alpha value is -1.09. The fraction of sp³-hybridized carbons (Fsp3) is 0.625. The lowest BCUT2D eigenvalue weighted by Gasteiger charge is -2.13. The van der Waals surface area contributed by atoms with Gasteiger partial charge in [-0.3, -0.25) is 4.39 Å². The Balaban J connectivity index is 2.27. The second kappa shape index (κ2) is 9.79. The molecule has 0 aliphatic heterocycles. The summed E-state index contributed by atoms with van der Waals surface area (Å²) >= 11 is 0. The lowest BCUT2D eigenvalue weighted by molar-refractivity contribution is 0.289. The molecule has 0 aliphatic carbocycles. The summed E-state index contributed by atoms with van der Waals surface area (Å²) in [6.07, 6.45) is 3.85.